The Hall–Kier alpha value is -0.100. The number of benzene rings is 1. The highest BCUT2D eigenvalue weighted by atomic mass is 79.9. The fourth-order valence-electron chi connectivity index (χ4n) is 2.06. The fourth-order valence-corrected chi connectivity index (χ4v) is 3.57. The van der Waals surface area contributed by atoms with E-state index in [4.69, 9.17) is 9.47 Å². The largest absolute Gasteiger partial charge is 0.492 e. The summed E-state index contributed by atoms with van der Waals surface area (Å²) >= 11 is 7.12. The maximum Gasteiger partial charge on any atom is 0.147 e. The molecule has 2 rings (SSSR count). The van der Waals surface area contributed by atoms with E-state index in [1.54, 1.807) is 0 Å². The molecule has 0 aromatic heterocycles. The zero-order valence-corrected chi connectivity index (χ0v) is 15.6. The third-order valence-corrected chi connectivity index (χ3v) is 4.55. The molecule has 3 nitrogen and oxygen atoms in total. The van der Waals surface area contributed by atoms with E-state index in [0.29, 0.717) is 6.61 Å². The maximum atomic E-state index is 5.62. The Morgan fingerprint density at radius 1 is 1.24 bits per heavy atom. The summed E-state index contributed by atoms with van der Waals surface area (Å²) in [5, 5.41) is 3.45. The van der Waals surface area contributed by atoms with E-state index in [9.17, 15) is 0 Å². The van der Waals surface area contributed by atoms with Gasteiger partial charge in [-0.3, -0.25) is 0 Å². The van der Waals surface area contributed by atoms with Gasteiger partial charge in [-0.15, -0.1) is 0 Å². The number of rotatable bonds is 10. The normalized spacial score (nSPS) is 14.4. The summed E-state index contributed by atoms with van der Waals surface area (Å²) in [5.41, 5.74) is 1.23. The van der Waals surface area contributed by atoms with Crippen LogP contribution in [-0.2, 0) is 11.3 Å². The number of hydrogen-bond acceptors (Lipinski definition) is 3. The van der Waals surface area contributed by atoms with E-state index in [-0.39, 0.29) is 0 Å². The van der Waals surface area contributed by atoms with Crippen LogP contribution >= 0.6 is 31.9 Å². The molecule has 118 valence electrons. The summed E-state index contributed by atoms with van der Waals surface area (Å²) in [6.45, 7) is 6.30. The van der Waals surface area contributed by atoms with Gasteiger partial charge in [0.05, 0.1) is 15.6 Å². The minimum atomic E-state index is 0.662. The lowest BCUT2D eigenvalue weighted by Crippen LogP contribution is -2.16. The summed E-state index contributed by atoms with van der Waals surface area (Å²) in [6, 6.07) is 4.21. The first kappa shape index (κ1) is 17.3. The molecule has 0 spiro atoms. The first-order valence-electron chi connectivity index (χ1n) is 7.60. The Kier molecular flexibility index (Phi) is 7.50. The van der Waals surface area contributed by atoms with Crippen LogP contribution in [0.4, 0.5) is 0 Å². The molecule has 21 heavy (non-hydrogen) atoms. The van der Waals surface area contributed by atoms with E-state index >= 15 is 0 Å². The standard InChI is InChI=1S/C16H23Br2NO2/c1-2-21-16-14(17)8-13(9-15(16)18)10-19-6-3-7-20-11-12-4-5-12/h8-9,12,19H,2-7,10-11H2,1H3. The molecule has 1 aromatic carbocycles. The molecule has 1 fully saturated rings. The van der Waals surface area contributed by atoms with Crippen molar-refractivity contribution < 1.29 is 9.47 Å². The van der Waals surface area contributed by atoms with Crippen molar-refractivity contribution in [1.29, 1.82) is 0 Å². The first-order chi connectivity index (χ1) is 10.2. The van der Waals surface area contributed by atoms with Crippen LogP contribution in [0, 0.1) is 5.92 Å². The zero-order chi connectivity index (χ0) is 15.1. The maximum absolute atomic E-state index is 5.62. The Morgan fingerprint density at radius 2 is 1.95 bits per heavy atom. The van der Waals surface area contributed by atoms with Crippen molar-refractivity contribution in [3.8, 4) is 5.75 Å². The van der Waals surface area contributed by atoms with Gasteiger partial charge in [0.2, 0.25) is 0 Å². The molecule has 0 bridgehead atoms. The molecule has 5 heteroatoms. The lowest BCUT2D eigenvalue weighted by atomic mass is 10.2. The van der Waals surface area contributed by atoms with Gasteiger partial charge >= 0.3 is 0 Å². The Bertz CT molecular complexity index is 427. The van der Waals surface area contributed by atoms with Crippen molar-refractivity contribution in [3.05, 3.63) is 26.6 Å². The molecule has 1 N–H and O–H groups in total. The molecular formula is C16H23Br2NO2. The van der Waals surface area contributed by atoms with Crippen LogP contribution in [0.25, 0.3) is 0 Å². The van der Waals surface area contributed by atoms with Crippen LogP contribution in [0.2, 0.25) is 0 Å². The van der Waals surface area contributed by atoms with E-state index in [1.807, 2.05) is 6.92 Å². The molecule has 0 heterocycles. The lowest BCUT2D eigenvalue weighted by molar-refractivity contribution is 0.122. The average molecular weight is 421 g/mol. The van der Waals surface area contributed by atoms with E-state index in [0.717, 1.165) is 53.3 Å². The molecule has 0 saturated heterocycles. The van der Waals surface area contributed by atoms with Gasteiger partial charge in [-0.05, 0) is 88.2 Å². The Balaban J connectivity index is 1.65. The van der Waals surface area contributed by atoms with Crippen LogP contribution in [0.3, 0.4) is 0 Å². The average Bonchev–Trinajstić information content (AvgIpc) is 3.26. The molecule has 1 saturated carbocycles. The lowest BCUT2D eigenvalue weighted by Gasteiger charge is -2.11. The number of nitrogens with one attached hydrogen (secondary N) is 1. The van der Waals surface area contributed by atoms with Crippen molar-refractivity contribution in [2.24, 2.45) is 5.92 Å². The smallest absolute Gasteiger partial charge is 0.147 e. The molecule has 0 atom stereocenters. The topological polar surface area (TPSA) is 30.5 Å². The van der Waals surface area contributed by atoms with Crippen LogP contribution in [-0.4, -0.2) is 26.4 Å². The van der Waals surface area contributed by atoms with Crippen LogP contribution in [0.1, 0.15) is 31.7 Å². The monoisotopic (exact) mass is 419 g/mol. The highest BCUT2D eigenvalue weighted by Gasteiger charge is 2.20. The molecule has 1 aliphatic carbocycles. The molecule has 1 aliphatic rings. The number of halogens is 2. The zero-order valence-electron chi connectivity index (χ0n) is 12.5. The van der Waals surface area contributed by atoms with Gasteiger partial charge in [0.15, 0.2) is 0 Å². The second-order valence-corrected chi connectivity index (χ2v) is 7.08. The minimum Gasteiger partial charge on any atom is -0.492 e. The summed E-state index contributed by atoms with van der Waals surface area (Å²) in [4.78, 5) is 0. The van der Waals surface area contributed by atoms with Crippen LogP contribution < -0.4 is 10.1 Å². The molecule has 1 aromatic rings. The van der Waals surface area contributed by atoms with Gasteiger partial charge in [0.1, 0.15) is 5.75 Å². The summed E-state index contributed by atoms with van der Waals surface area (Å²) in [6.07, 6.45) is 3.78. The Morgan fingerprint density at radius 3 is 2.57 bits per heavy atom. The second kappa shape index (κ2) is 9.13. The summed E-state index contributed by atoms with van der Waals surface area (Å²) in [5.74, 6) is 1.73. The van der Waals surface area contributed by atoms with Crippen LogP contribution in [0.5, 0.6) is 5.75 Å². The van der Waals surface area contributed by atoms with Gasteiger partial charge < -0.3 is 14.8 Å². The van der Waals surface area contributed by atoms with Crippen LogP contribution in [0.15, 0.2) is 21.1 Å². The molecule has 0 radical (unpaired) electrons. The number of hydrogen-bond donors (Lipinski definition) is 1. The van der Waals surface area contributed by atoms with Crippen molar-refractivity contribution in [2.45, 2.75) is 32.7 Å². The molecule has 0 amide bonds. The first-order valence-corrected chi connectivity index (χ1v) is 9.18. The van der Waals surface area contributed by atoms with Crippen molar-refractivity contribution in [3.63, 3.8) is 0 Å². The van der Waals surface area contributed by atoms with E-state index in [2.05, 4.69) is 49.3 Å². The number of ether oxygens (including phenoxy) is 2. The van der Waals surface area contributed by atoms with E-state index < -0.39 is 0 Å². The quantitative estimate of drug-likeness (QED) is 0.564. The van der Waals surface area contributed by atoms with Gasteiger partial charge in [-0.25, -0.2) is 0 Å². The molecule has 0 unspecified atom stereocenters. The minimum absolute atomic E-state index is 0.662. The van der Waals surface area contributed by atoms with Gasteiger partial charge in [-0.1, -0.05) is 0 Å². The third kappa shape index (κ3) is 6.27. The predicted molar refractivity (Wildman–Crippen MR) is 92.9 cm³/mol. The second-order valence-electron chi connectivity index (χ2n) is 5.37. The van der Waals surface area contributed by atoms with Crippen molar-refractivity contribution in [2.75, 3.05) is 26.4 Å². The highest BCUT2D eigenvalue weighted by molar-refractivity contribution is 9.11. The molecule has 0 aliphatic heterocycles. The Labute approximate surface area is 144 Å². The van der Waals surface area contributed by atoms with Gasteiger partial charge in [0, 0.05) is 19.8 Å². The van der Waals surface area contributed by atoms with Gasteiger partial charge in [-0.2, -0.15) is 0 Å². The highest BCUT2D eigenvalue weighted by Crippen LogP contribution is 2.34. The third-order valence-electron chi connectivity index (χ3n) is 3.37. The fraction of sp³-hybridized carbons (Fsp3) is 0.625. The summed E-state index contributed by atoms with van der Waals surface area (Å²) < 4.78 is 13.2. The van der Waals surface area contributed by atoms with E-state index in [1.165, 1.54) is 18.4 Å². The predicted octanol–water partition coefficient (Wildman–Crippen LogP) is 4.52. The van der Waals surface area contributed by atoms with Gasteiger partial charge in [0.25, 0.3) is 0 Å². The summed E-state index contributed by atoms with van der Waals surface area (Å²) in [7, 11) is 0. The SMILES string of the molecule is CCOc1c(Br)cc(CNCCCOCC2CC2)cc1Br. The van der Waals surface area contributed by atoms with Crippen molar-refractivity contribution in [1.82, 2.24) is 5.32 Å². The molecular weight excluding hydrogens is 398 g/mol. The van der Waals surface area contributed by atoms with Crippen molar-refractivity contribution >= 4 is 31.9 Å².